The summed E-state index contributed by atoms with van der Waals surface area (Å²) in [5, 5.41) is 4.74. The van der Waals surface area contributed by atoms with Gasteiger partial charge in [0.15, 0.2) is 0 Å². The molecule has 1 N–H and O–H groups in total. The molecule has 1 saturated heterocycles. The zero-order valence-electron chi connectivity index (χ0n) is 10.0. The van der Waals surface area contributed by atoms with E-state index in [9.17, 15) is 4.79 Å². The van der Waals surface area contributed by atoms with Crippen molar-refractivity contribution in [1.82, 2.24) is 10.2 Å². The molecule has 5 heteroatoms. The summed E-state index contributed by atoms with van der Waals surface area (Å²) >= 11 is 1.79. The smallest absolute Gasteiger partial charge is 0.250 e. The Hall–Kier alpha value is -0.910. The number of morpholine rings is 1. The Labute approximate surface area is 106 Å². The molecular weight excluding hydrogens is 236 g/mol. The molecule has 4 nitrogen and oxygen atoms in total. The van der Waals surface area contributed by atoms with Gasteiger partial charge in [0.1, 0.15) is 6.10 Å². The van der Waals surface area contributed by atoms with E-state index >= 15 is 0 Å². The Morgan fingerprint density at radius 1 is 1.71 bits per heavy atom. The average molecular weight is 254 g/mol. The molecule has 1 fully saturated rings. The Balaban J connectivity index is 1.79. The van der Waals surface area contributed by atoms with Crippen LogP contribution in [0.5, 0.6) is 0 Å². The highest BCUT2D eigenvalue weighted by molar-refractivity contribution is 7.09. The average Bonchev–Trinajstić information content (AvgIpc) is 2.89. The number of rotatable bonds is 4. The van der Waals surface area contributed by atoms with Gasteiger partial charge in [-0.25, -0.2) is 0 Å². The second-order valence-electron chi connectivity index (χ2n) is 4.10. The van der Waals surface area contributed by atoms with Gasteiger partial charge < -0.3 is 10.1 Å². The van der Waals surface area contributed by atoms with Gasteiger partial charge in [0, 0.05) is 31.6 Å². The zero-order chi connectivity index (χ0) is 12.1. The molecule has 1 aromatic rings. The van der Waals surface area contributed by atoms with Crippen LogP contribution in [0.4, 0.5) is 0 Å². The van der Waals surface area contributed by atoms with Crippen molar-refractivity contribution >= 4 is 17.2 Å². The van der Waals surface area contributed by atoms with Gasteiger partial charge in [-0.2, -0.15) is 0 Å². The molecule has 0 aromatic carbocycles. The molecular formula is C12H18N2O2S. The van der Waals surface area contributed by atoms with Crippen LogP contribution in [0.25, 0.3) is 0 Å². The number of carbonyl (C=O) groups is 1. The molecule has 94 valence electrons. The summed E-state index contributed by atoms with van der Waals surface area (Å²) in [5.41, 5.74) is 0. The number of thiophene rings is 1. The third-order valence-corrected chi connectivity index (χ3v) is 3.88. The lowest BCUT2D eigenvalue weighted by Gasteiger charge is -2.31. The van der Waals surface area contributed by atoms with Gasteiger partial charge in [-0.3, -0.25) is 9.69 Å². The highest BCUT2D eigenvalue weighted by Gasteiger charge is 2.25. The maximum atomic E-state index is 11.5. The van der Waals surface area contributed by atoms with Gasteiger partial charge in [0.05, 0.1) is 6.61 Å². The highest BCUT2D eigenvalue weighted by atomic mass is 32.1. The molecule has 0 unspecified atom stereocenters. The maximum absolute atomic E-state index is 11.5. The van der Waals surface area contributed by atoms with Crippen LogP contribution in [0.2, 0.25) is 0 Å². The van der Waals surface area contributed by atoms with Crippen molar-refractivity contribution in [3.63, 3.8) is 0 Å². The third-order valence-electron chi connectivity index (χ3n) is 2.94. The van der Waals surface area contributed by atoms with Crippen LogP contribution in [-0.2, 0) is 16.0 Å². The monoisotopic (exact) mass is 254 g/mol. The van der Waals surface area contributed by atoms with E-state index in [4.69, 9.17) is 4.74 Å². The Morgan fingerprint density at radius 3 is 3.29 bits per heavy atom. The van der Waals surface area contributed by atoms with Crippen molar-refractivity contribution in [1.29, 1.82) is 0 Å². The first-order valence-corrected chi connectivity index (χ1v) is 6.75. The molecule has 17 heavy (non-hydrogen) atoms. The van der Waals surface area contributed by atoms with Crippen LogP contribution in [0, 0.1) is 0 Å². The Morgan fingerprint density at radius 2 is 2.59 bits per heavy atom. The number of likely N-dealkylation sites (N-methyl/N-ethyl adjacent to an activating group) is 1. The number of ether oxygens (including phenoxy) is 1. The summed E-state index contributed by atoms with van der Waals surface area (Å²) < 4.78 is 5.45. The summed E-state index contributed by atoms with van der Waals surface area (Å²) in [6.45, 7) is 3.25. The predicted molar refractivity (Wildman–Crippen MR) is 68.3 cm³/mol. The standard InChI is InChI=1S/C12H18N2O2S/c1-13-12(15)11-9-14(6-7-16-11)5-4-10-3-2-8-17-10/h2-3,8,11H,4-7,9H2,1H3,(H,13,15)/t11-/m0/s1. The summed E-state index contributed by atoms with van der Waals surface area (Å²) in [6.07, 6.45) is 0.745. The van der Waals surface area contributed by atoms with Gasteiger partial charge in [-0.1, -0.05) is 6.07 Å². The summed E-state index contributed by atoms with van der Waals surface area (Å²) in [7, 11) is 1.65. The normalized spacial score (nSPS) is 21.4. The molecule has 1 aliphatic heterocycles. The van der Waals surface area contributed by atoms with Gasteiger partial charge >= 0.3 is 0 Å². The highest BCUT2D eigenvalue weighted by Crippen LogP contribution is 2.11. The van der Waals surface area contributed by atoms with Crippen LogP contribution < -0.4 is 5.32 Å². The fraction of sp³-hybridized carbons (Fsp3) is 0.583. The molecule has 0 saturated carbocycles. The van der Waals surface area contributed by atoms with Crippen molar-refractivity contribution in [3.8, 4) is 0 Å². The molecule has 1 atom stereocenters. The number of amides is 1. The van der Waals surface area contributed by atoms with Crippen molar-refractivity contribution in [3.05, 3.63) is 22.4 Å². The first-order valence-electron chi connectivity index (χ1n) is 5.87. The van der Waals surface area contributed by atoms with E-state index in [-0.39, 0.29) is 12.0 Å². The number of hydrogen-bond donors (Lipinski definition) is 1. The largest absolute Gasteiger partial charge is 0.366 e. The minimum Gasteiger partial charge on any atom is -0.366 e. The summed E-state index contributed by atoms with van der Waals surface area (Å²) in [5.74, 6) is -0.0224. The maximum Gasteiger partial charge on any atom is 0.250 e. The molecule has 0 spiro atoms. The van der Waals surface area contributed by atoms with Crippen molar-refractivity contribution in [2.75, 3.05) is 33.3 Å². The second kappa shape index (κ2) is 6.14. The first kappa shape index (κ1) is 12.5. The zero-order valence-corrected chi connectivity index (χ0v) is 10.8. The van der Waals surface area contributed by atoms with E-state index < -0.39 is 0 Å². The molecule has 0 bridgehead atoms. The fourth-order valence-electron chi connectivity index (χ4n) is 1.95. The number of carbonyl (C=O) groups excluding carboxylic acids is 1. The first-order chi connectivity index (χ1) is 8.29. The number of nitrogens with one attached hydrogen (secondary N) is 1. The minimum atomic E-state index is -0.308. The lowest BCUT2D eigenvalue weighted by atomic mass is 10.2. The summed E-state index contributed by atoms with van der Waals surface area (Å²) in [4.78, 5) is 15.2. The Bertz CT molecular complexity index is 353. The quantitative estimate of drug-likeness (QED) is 0.861. The van der Waals surface area contributed by atoms with E-state index in [1.807, 2.05) is 0 Å². The molecule has 2 rings (SSSR count). The Kier molecular flexibility index (Phi) is 4.53. The fourth-order valence-corrected chi connectivity index (χ4v) is 2.65. The van der Waals surface area contributed by atoms with Gasteiger partial charge in [0.2, 0.25) is 5.91 Å². The SMILES string of the molecule is CNC(=O)[C@@H]1CN(CCc2cccs2)CCO1. The topological polar surface area (TPSA) is 41.6 Å². The summed E-state index contributed by atoms with van der Waals surface area (Å²) in [6, 6.07) is 4.23. The van der Waals surface area contributed by atoms with Crippen molar-refractivity contribution in [2.24, 2.45) is 0 Å². The van der Waals surface area contributed by atoms with Gasteiger partial charge in [-0.15, -0.1) is 11.3 Å². The lowest BCUT2D eigenvalue weighted by molar-refractivity contribution is -0.137. The van der Waals surface area contributed by atoms with Gasteiger partial charge in [0.25, 0.3) is 0 Å². The second-order valence-corrected chi connectivity index (χ2v) is 5.14. The van der Waals surface area contributed by atoms with E-state index in [0.717, 1.165) is 19.5 Å². The van der Waals surface area contributed by atoms with E-state index in [2.05, 4.69) is 27.7 Å². The minimum absolute atomic E-state index is 0.0224. The van der Waals surface area contributed by atoms with E-state index in [0.29, 0.717) is 13.2 Å². The van der Waals surface area contributed by atoms with E-state index in [1.165, 1.54) is 4.88 Å². The van der Waals surface area contributed by atoms with Gasteiger partial charge in [-0.05, 0) is 17.9 Å². The third kappa shape index (κ3) is 3.52. The van der Waals surface area contributed by atoms with Crippen molar-refractivity contribution < 1.29 is 9.53 Å². The molecule has 2 heterocycles. The molecule has 1 aromatic heterocycles. The molecule has 0 radical (unpaired) electrons. The van der Waals surface area contributed by atoms with Crippen LogP contribution in [0.3, 0.4) is 0 Å². The predicted octanol–water partition coefficient (Wildman–Crippen LogP) is 0.737. The van der Waals surface area contributed by atoms with Crippen molar-refractivity contribution in [2.45, 2.75) is 12.5 Å². The van der Waals surface area contributed by atoms with Crippen LogP contribution in [0.1, 0.15) is 4.88 Å². The number of hydrogen-bond acceptors (Lipinski definition) is 4. The number of nitrogens with zero attached hydrogens (tertiary/aromatic N) is 1. The molecule has 0 aliphatic carbocycles. The van der Waals surface area contributed by atoms with Crippen LogP contribution in [0.15, 0.2) is 17.5 Å². The van der Waals surface area contributed by atoms with E-state index in [1.54, 1.807) is 18.4 Å². The molecule has 1 amide bonds. The van der Waals surface area contributed by atoms with Crippen LogP contribution >= 0.6 is 11.3 Å². The van der Waals surface area contributed by atoms with Crippen LogP contribution in [-0.4, -0.2) is 50.2 Å². The lowest BCUT2D eigenvalue weighted by Crippen LogP contribution is -2.49. The molecule has 1 aliphatic rings.